The Kier molecular flexibility index (Phi) is 7.63. The number of hydrogen-bond donors (Lipinski definition) is 0. The summed E-state index contributed by atoms with van der Waals surface area (Å²) in [6, 6.07) is 9.74. The number of ether oxygens (including phenoxy) is 1. The molecule has 0 saturated carbocycles. The van der Waals surface area contributed by atoms with Crippen molar-refractivity contribution < 1.29 is 56.8 Å². The number of alkyl halides is 6. The zero-order valence-corrected chi connectivity index (χ0v) is 17.8. The summed E-state index contributed by atoms with van der Waals surface area (Å²) in [5, 5.41) is 10.5. The fraction of sp³-hybridized carbons (Fsp3) is 0.167. The van der Waals surface area contributed by atoms with Crippen LogP contribution in [0, 0.1) is 0 Å². The molecule has 7 nitrogen and oxygen atoms in total. The summed E-state index contributed by atoms with van der Waals surface area (Å²) in [4.78, 5) is 33.7. The van der Waals surface area contributed by atoms with Crippen molar-refractivity contribution in [3.05, 3.63) is 54.6 Å². The molecule has 0 aliphatic heterocycles. The molecule has 0 aromatic heterocycles. The zero-order valence-electron chi connectivity index (χ0n) is 15.4. The van der Waals surface area contributed by atoms with Gasteiger partial charge in [0.15, 0.2) is 0 Å². The second kappa shape index (κ2) is 9.66. The number of rotatable bonds is 7. The molecule has 2 rings (SSSR count). The van der Waals surface area contributed by atoms with E-state index >= 15 is 0 Å². The molecule has 0 fully saturated rings. The van der Waals surface area contributed by atoms with Gasteiger partial charge in [-0.05, 0) is 0 Å². The van der Waals surface area contributed by atoms with E-state index in [0.717, 1.165) is 36.4 Å². The average Bonchev–Trinajstić information content (AvgIpc) is 2.71. The van der Waals surface area contributed by atoms with Crippen LogP contribution in [-0.4, -0.2) is 55.9 Å². The Labute approximate surface area is 180 Å². The zero-order chi connectivity index (χ0) is 24.2. The molecule has 32 heavy (non-hydrogen) atoms. The molecular weight excluding hydrogens is 570 g/mol. The van der Waals surface area contributed by atoms with Crippen LogP contribution < -0.4 is 17.1 Å². The summed E-state index contributed by atoms with van der Waals surface area (Å²) in [5.41, 5.74) is 0. The van der Waals surface area contributed by atoms with E-state index in [-0.39, 0.29) is 9.36 Å². The number of carbonyl (C=O) groups is 3. The van der Waals surface area contributed by atoms with E-state index in [4.69, 9.17) is 4.74 Å². The third kappa shape index (κ3) is 6.27. The molecule has 0 N–H and O–H groups in total. The first kappa shape index (κ1) is 25.3. The number of hydrogen-bond acceptors (Lipinski definition) is 7. The Hall–Kier alpha value is -2.98. The van der Waals surface area contributed by atoms with E-state index in [2.05, 4.69) is 6.20 Å². The Balaban J connectivity index is 2.65. The van der Waals surface area contributed by atoms with E-state index in [0.29, 0.717) is 0 Å². The number of carboxylic acid groups (broad SMARTS) is 1. The first-order valence-electron chi connectivity index (χ1n) is 8.18. The standard InChI is InChI=1S/C18H12F6O7Te/c19-17(20,21)15(27)30-32(12-4-2-1-3-5-12,31-16(28)18(22,23)24)13-8-6-11(7-9-13)29-10-14(25)26/h1-9H,10H2,(H,25,26)/p-1. The first-order valence-corrected chi connectivity index (χ1v) is 12.4. The second-order valence-electron chi connectivity index (χ2n) is 5.69. The van der Waals surface area contributed by atoms with Gasteiger partial charge in [0.05, 0.1) is 0 Å². The third-order valence-electron chi connectivity index (χ3n) is 3.39. The molecule has 0 bridgehead atoms. The van der Waals surface area contributed by atoms with Crippen molar-refractivity contribution in [3.63, 3.8) is 0 Å². The fourth-order valence-electron chi connectivity index (χ4n) is 2.11. The minimum atomic E-state index is -6.02. The van der Waals surface area contributed by atoms with Crippen molar-refractivity contribution >= 4 is 44.1 Å². The topological polar surface area (TPSA) is 102 Å². The van der Waals surface area contributed by atoms with E-state index < -0.39 is 59.5 Å². The molecule has 0 radical (unpaired) electrons. The molecule has 0 unspecified atom stereocenters. The first-order chi connectivity index (χ1) is 14.8. The maximum absolute atomic E-state index is 12.9. The fourth-order valence-corrected chi connectivity index (χ4v) is 8.72. The van der Waals surface area contributed by atoms with Crippen molar-refractivity contribution in [2.45, 2.75) is 12.4 Å². The van der Waals surface area contributed by atoms with E-state index in [1.807, 2.05) is 0 Å². The van der Waals surface area contributed by atoms with Crippen molar-refractivity contribution in [3.8, 4) is 5.75 Å². The van der Waals surface area contributed by atoms with Gasteiger partial charge in [-0.25, -0.2) is 0 Å². The van der Waals surface area contributed by atoms with Gasteiger partial charge in [0.1, 0.15) is 0 Å². The summed E-state index contributed by atoms with van der Waals surface area (Å²) in [5.74, 6) is -7.44. The number of benzene rings is 2. The molecule has 0 aliphatic rings. The molecule has 0 saturated heterocycles. The van der Waals surface area contributed by atoms with Gasteiger partial charge in [-0.15, -0.1) is 0 Å². The van der Waals surface area contributed by atoms with Gasteiger partial charge in [0, 0.05) is 0 Å². The SMILES string of the molecule is O=C([O-])COc1ccc([Te](OC(=O)C(F)(F)F)(OC(=O)C(F)(F)F)c2ccccc2)cc1. The Bertz CT molecular complexity index is 946. The summed E-state index contributed by atoms with van der Waals surface area (Å²) in [6.07, 6.45) is -11.2. The van der Waals surface area contributed by atoms with Crippen molar-refractivity contribution in [1.82, 2.24) is 0 Å². The van der Waals surface area contributed by atoms with Crippen LogP contribution in [-0.2, 0) is 20.6 Å². The monoisotopic (exact) mass is 583 g/mol. The molecule has 0 spiro atoms. The quantitative estimate of drug-likeness (QED) is 0.349. The van der Waals surface area contributed by atoms with Crippen LogP contribution in [0.3, 0.4) is 0 Å². The van der Waals surface area contributed by atoms with Crippen molar-refractivity contribution in [1.29, 1.82) is 0 Å². The minimum absolute atomic E-state index is 0.146. The average molecular weight is 581 g/mol. The van der Waals surface area contributed by atoms with Crippen LogP contribution in [0.2, 0.25) is 0 Å². The molecule has 2 aromatic carbocycles. The van der Waals surface area contributed by atoms with Crippen LogP contribution in [0.4, 0.5) is 26.3 Å². The van der Waals surface area contributed by atoms with Gasteiger partial charge in [0.2, 0.25) is 0 Å². The Morgan fingerprint density at radius 2 is 1.19 bits per heavy atom. The van der Waals surface area contributed by atoms with Crippen LogP contribution in [0.5, 0.6) is 5.75 Å². The molecule has 0 heterocycles. The predicted octanol–water partition coefficient (Wildman–Crippen LogP) is 0.583. The molecule has 0 aliphatic carbocycles. The molecule has 174 valence electrons. The Morgan fingerprint density at radius 3 is 1.59 bits per heavy atom. The summed E-state index contributed by atoms with van der Waals surface area (Å²) in [6.45, 7) is -0.892. The number of carboxylic acids is 1. The summed E-state index contributed by atoms with van der Waals surface area (Å²) >= 11 is -6.02. The second-order valence-corrected chi connectivity index (χ2v) is 12.2. The molecule has 0 atom stereocenters. The normalized spacial score (nSPS) is 12.6. The Morgan fingerprint density at radius 1 is 0.750 bits per heavy atom. The molecular formula is C18H11F6O7Te-. The number of carbonyl (C=O) groups excluding carboxylic acids is 3. The van der Waals surface area contributed by atoms with Gasteiger partial charge in [-0.2, -0.15) is 0 Å². The van der Waals surface area contributed by atoms with Gasteiger partial charge < -0.3 is 0 Å². The van der Waals surface area contributed by atoms with Crippen molar-refractivity contribution in [2.24, 2.45) is 0 Å². The molecule has 0 amide bonds. The summed E-state index contributed by atoms with van der Waals surface area (Å²) in [7, 11) is 0. The maximum atomic E-state index is 12.9. The predicted molar refractivity (Wildman–Crippen MR) is 92.7 cm³/mol. The number of aliphatic carboxylic acids is 1. The van der Waals surface area contributed by atoms with E-state index in [1.54, 1.807) is 0 Å². The molecule has 2 aromatic rings. The van der Waals surface area contributed by atoms with Crippen LogP contribution in [0.25, 0.3) is 0 Å². The van der Waals surface area contributed by atoms with Crippen LogP contribution >= 0.6 is 0 Å². The molecule has 14 heteroatoms. The van der Waals surface area contributed by atoms with Crippen LogP contribution in [0.1, 0.15) is 0 Å². The third-order valence-corrected chi connectivity index (χ3v) is 10.7. The van der Waals surface area contributed by atoms with E-state index in [9.17, 15) is 45.8 Å². The van der Waals surface area contributed by atoms with Crippen molar-refractivity contribution in [2.75, 3.05) is 6.61 Å². The van der Waals surface area contributed by atoms with Gasteiger partial charge in [-0.1, -0.05) is 0 Å². The van der Waals surface area contributed by atoms with Crippen LogP contribution in [0.15, 0.2) is 54.6 Å². The van der Waals surface area contributed by atoms with E-state index in [1.165, 1.54) is 18.2 Å². The van der Waals surface area contributed by atoms with Gasteiger partial charge in [-0.3, -0.25) is 0 Å². The number of halogens is 6. The van der Waals surface area contributed by atoms with Gasteiger partial charge in [0.25, 0.3) is 0 Å². The van der Waals surface area contributed by atoms with Gasteiger partial charge >= 0.3 is 180 Å². The summed E-state index contributed by atoms with van der Waals surface area (Å²) < 4.78 is 90.6.